The Labute approximate surface area is 209 Å². The molecule has 1 aromatic heterocycles. The minimum Gasteiger partial charge on any atom is -0.275 e. The lowest BCUT2D eigenvalue weighted by Gasteiger charge is -2.19. The molecule has 0 N–H and O–H groups in total. The lowest BCUT2D eigenvalue weighted by molar-refractivity contribution is 0.590. The maximum atomic E-state index is 4.62. The van der Waals surface area contributed by atoms with Gasteiger partial charge in [-0.05, 0) is 53.2 Å². The van der Waals surface area contributed by atoms with E-state index in [4.69, 9.17) is 0 Å². The van der Waals surface area contributed by atoms with Gasteiger partial charge in [0.2, 0.25) is 0 Å². The summed E-state index contributed by atoms with van der Waals surface area (Å²) in [5, 5.41) is 9.24. The summed E-state index contributed by atoms with van der Waals surface area (Å²) >= 11 is 0. The fourth-order valence-electron chi connectivity index (χ4n) is 4.00. The number of nitrogens with zero attached hydrogens (tertiary/aromatic N) is 3. The first-order valence-corrected chi connectivity index (χ1v) is 12.0. The predicted octanol–water partition coefficient (Wildman–Crippen LogP) is 7.99. The highest BCUT2D eigenvalue weighted by molar-refractivity contribution is 5.67. The van der Waals surface area contributed by atoms with E-state index in [9.17, 15) is 0 Å². The van der Waals surface area contributed by atoms with Crippen molar-refractivity contribution in [3.63, 3.8) is 0 Å². The van der Waals surface area contributed by atoms with Crippen LogP contribution in [-0.4, -0.2) is 14.8 Å². The molecule has 0 fully saturated rings. The second-order valence-electron chi connectivity index (χ2n) is 9.80. The molecule has 0 aliphatic rings. The van der Waals surface area contributed by atoms with Gasteiger partial charge in [0, 0.05) is 11.3 Å². The first-order valence-electron chi connectivity index (χ1n) is 12.0. The fraction of sp³-hybridized carbons (Fsp3) is 0.188. The Morgan fingerprint density at radius 1 is 0.829 bits per heavy atom. The third kappa shape index (κ3) is 5.75. The molecule has 4 rings (SSSR count). The highest BCUT2D eigenvalue weighted by Gasteiger charge is 2.18. The summed E-state index contributed by atoms with van der Waals surface area (Å²) in [7, 11) is 0. The maximum Gasteiger partial charge on any atom is 0.168 e. The van der Waals surface area contributed by atoms with Crippen LogP contribution in [0.15, 0.2) is 115 Å². The fourth-order valence-corrected chi connectivity index (χ4v) is 4.00. The molecular formula is C32H33N3. The van der Waals surface area contributed by atoms with Crippen LogP contribution in [0.5, 0.6) is 0 Å². The minimum absolute atomic E-state index is 0.102. The van der Waals surface area contributed by atoms with E-state index in [0.717, 1.165) is 40.5 Å². The Balaban J connectivity index is 1.73. The van der Waals surface area contributed by atoms with Crippen LogP contribution in [0.3, 0.4) is 0 Å². The molecular weight excluding hydrogens is 426 g/mol. The third-order valence-electron chi connectivity index (χ3n) is 6.10. The van der Waals surface area contributed by atoms with Crippen LogP contribution in [0, 0.1) is 0 Å². The Kier molecular flexibility index (Phi) is 7.26. The van der Waals surface area contributed by atoms with Crippen molar-refractivity contribution in [3.8, 4) is 17.1 Å². The van der Waals surface area contributed by atoms with Gasteiger partial charge in [-0.2, -0.15) is 0 Å². The van der Waals surface area contributed by atoms with Gasteiger partial charge in [-0.1, -0.05) is 118 Å². The molecule has 0 radical (unpaired) electrons. The number of benzene rings is 3. The second-order valence-corrected chi connectivity index (χ2v) is 9.80. The van der Waals surface area contributed by atoms with Crippen LogP contribution < -0.4 is 0 Å². The second kappa shape index (κ2) is 10.5. The predicted molar refractivity (Wildman–Crippen MR) is 148 cm³/mol. The van der Waals surface area contributed by atoms with Crippen LogP contribution in [0.1, 0.15) is 44.6 Å². The Morgan fingerprint density at radius 2 is 1.46 bits per heavy atom. The van der Waals surface area contributed by atoms with Crippen LogP contribution in [0.25, 0.3) is 22.6 Å². The molecule has 0 saturated carbocycles. The van der Waals surface area contributed by atoms with Gasteiger partial charge in [0.15, 0.2) is 11.6 Å². The van der Waals surface area contributed by atoms with Crippen LogP contribution >= 0.6 is 0 Å². The molecule has 1 heterocycles. The SMILES string of the molecule is C=C/C(=C\C=C(/C)c1nnc(-c2ccc(C(C)(C)C)cc2)n1-c1ccccc1)Cc1ccccc1. The topological polar surface area (TPSA) is 30.7 Å². The Hall–Kier alpha value is -3.98. The van der Waals surface area contributed by atoms with Gasteiger partial charge in [0.05, 0.1) is 0 Å². The minimum atomic E-state index is 0.102. The van der Waals surface area contributed by atoms with Crippen molar-refractivity contribution in [2.24, 2.45) is 0 Å². The molecule has 3 heteroatoms. The van der Waals surface area contributed by atoms with Crippen molar-refractivity contribution < 1.29 is 0 Å². The summed E-state index contributed by atoms with van der Waals surface area (Å²) in [4.78, 5) is 0. The standard InChI is InChI=1S/C32H33N3/c1-6-25(23-26-13-9-7-10-14-26)18-17-24(2)30-33-34-31(35(30)29-15-11-8-12-16-29)27-19-21-28(22-20-27)32(3,4)5/h6-22H,1,23H2,2-5H3/b24-17+,25-18+. The van der Waals surface area contributed by atoms with Crippen LogP contribution in [0.4, 0.5) is 0 Å². The van der Waals surface area contributed by atoms with Crippen LogP contribution in [0.2, 0.25) is 0 Å². The quantitative estimate of drug-likeness (QED) is 0.262. The van der Waals surface area contributed by atoms with Gasteiger partial charge >= 0.3 is 0 Å². The van der Waals surface area contributed by atoms with Crippen molar-refractivity contribution in [1.29, 1.82) is 0 Å². The lowest BCUT2D eigenvalue weighted by Crippen LogP contribution is -2.10. The van der Waals surface area contributed by atoms with Crippen molar-refractivity contribution >= 4 is 5.57 Å². The number of allylic oxidation sites excluding steroid dienone is 5. The zero-order chi connectivity index (χ0) is 24.8. The molecule has 0 saturated heterocycles. The zero-order valence-corrected chi connectivity index (χ0v) is 21.1. The van der Waals surface area contributed by atoms with E-state index in [1.54, 1.807) is 0 Å². The molecule has 35 heavy (non-hydrogen) atoms. The molecule has 176 valence electrons. The molecule has 0 bridgehead atoms. The third-order valence-corrected chi connectivity index (χ3v) is 6.10. The summed E-state index contributed by atoms with van der Waals surface area (Å²) in [5.41, 5.74) is 6.92. The molecule has 3 nitrogen and oxygen atoms in total. The average Bonchev–Trinajstić information content (AvgIpc) is 3.32. The largest absolute Gasteiger partial charge is 0.275 e. The van der Waals surface area contributed by atoms with E-state index in [0.29, 0.717) is 0 Å². The van der Waals surface area contributed by atoms with Gasteiger partial charge in [-0.25, -0.2) is 0 Å². The molecule has 4 aromatic rings. The van der Waals surface area contributed by atoms with Gasteiger partial charge in [0.25, 0.3) is 0 Å². The van der Waals surface area contributed by atoms with E-state index < -0.39 is 0 Å². The average molecular weight is 460 g/mol. The molecule has 0 amide bonds. The maximum absolute atomic E-state index is 4.62. The van der Waals surface area contributed by atoms with Crippen molar-refractivity contribution in [2.75, 3.05) is 0 Å². The van der Waals surface area contributed by atoms with E-state index in [1.165, 1.54) is 11.1 Å². The van der Waals surface area contributed by atoms with E-state index in [1.807, 2.05) is 30.3 Å². The van der Waals surface area contributed by atoms with E-state index in [2.05, 4.69) is 122 Å². The first-order chi connectivity index (χ1) is 16.9. The van der Waals surface area contributed by atoms with Gasteiger partial charge < -0.3 is 0 Å². The van der Waals surface area contributed by atoms with Gasteiger partial charge in [0.1, 0.15) is 0 Å². The molecule has 0 atom stereocenters. The summed E-state index contributed by atoms with van der Waals surface area (Å²) in [6.07, 6.45) is 6.98. The van der Waals surface area contributed by atoms with Crippen LogP contribution in [-0.2, 0) is 11.8 Å². The number of rotatable bonds is 7. The number of para-hydroxylation sites is 1. The normalized spacial score (nSPS) is 12.6. The summed E-state index contributed by atoms with van der Waals surface area (Å²) in [6, 6.07) is 29.4. The summed E-state index contributed by atoms with van der Waals surface area (Å²) in [6.45, 7) is 12.8. The van der Waals surface area contributed by atoms with Gasteiger partial charge in [-0.3, -0.25) is 4.57 Å². The number of hydrogen-bond donors (Lipinski definition) is 0. The Bertz CT molecular complexity index is 1330. The van der Waals surface area contributed by atoms with E-state index >= 15 is 0 Å². The molecule has 0 unspecified atom stereocenters. The zero-order valence-electron chi connectivity index (χ0n) is 21.1. The van der Waals surface area contributed by atoms with Crippen molar-refractivity contribution in [1.82, 2.24) is 14.8 Å². The van der Waals surface area contributed by atoms with E-state index in [-0.39, 0.29) is 5.41 Å². The summed E-state index contributed by atoms with van der Waals surface area (Å²) < 4.78 is 2.14. The Morgan fingerprint density at radius 3 is 2.06 bits per heavy atom. The van der Waals surface area contributed by atoms with Gasteiger partial charge in [-0.15, -0.1) is 10.2 Å². The first kappa shape index (κ1) is 24.2. The highest BCUT2D eigenvalue weighted by Crippen LogP contribution is 2.29. The van der Waals surface area contributed by atoms with Crippen molar-refractivity contribution in [3.05, 3.63) is 132 Å². The smallest absolute Gasteiger partial charge is 0.168 e. The molecule has 0 aliphatic carbocycles. The monoisotopic (exact) mass is 459 g/mol. The summed E-state index contributed by atoms with van der Waals surface area (Å²) in [5.74, 6) is 1.65. The number of hydrogen-bond acceptors (Lipinski definition) is 2. The molecule has 3 aromatic carbocycles. The van der Waals surface area contributed by atoms with Crippen molar-refractivity contribution in [2.45, 2.75) is 39.5 Å². The highest BCUT2D eigenvalue weighted by atomic mass is 15.3. The number of aromatic nitrogens is 3. The molecule has 0 aliphatic heterocycles. The lowest BCUT2D eigenvalue weighted by atomic mass is 9.86. The molecule has 0 spiro atoms.